The van der Waals surface area contributed by atoms with Crippen molar-refractivity contribution in [2.45, 2.75) is 12.7 Å². The molecule has 2 aromatic heterocycles. The van der Waals surface area contributed by atoms with Gasteiger partial charge in [0.2, 0.25) is 11.8 Å². The molecule has 0 aliphatic rings. The van der Waals surface area contributed by atoms with Crippen LogP contribution in [0.1, 0.15) is 5.56 Å². The quantitative estimate of drug-likeness (QED) is 0.653. The summed E-state index contributed by atoms with van der Waals surface area (Å²) in [7, 11) is 0. The van der Waals surface area contributed by atoms with Gasteiger partial charge in [0, 0.05) is 18.3 Å². The van der Waals surface area contributed by atoms with Crippen molar-refractivity contribution in [3.63, 3.8) is 0 Å². The van der Waals surface area contributed by atoms with Gasteiger partial charge in [0.25, 0.3) is 5.56 Å². The van der Waals surface area contributed by atoms with Gasteiger partial charge in [-0.2, -0.15) is 13.2 Å². The molecule has 10 heteroatoms. The summed E-state index contributed by atoms with van der Waals surface area (Å²) in [6.45, 7) is -0.601. The van der Waals surface area contributed by atoms with Gasteiger partial charge in [-0.15, -0.1) is 0 Å². The number of alkyl halides is 3. The molecule has 29 heavy (non-hydrogen) atoms. The molecule has 0 aliphatic heterocycles. The Morgan fingerprint density at radius 2 is 1.79 bits per heavy atom. The maximum Gasteiger partial charge on any atom is 0.417 e. The average Bonchev–Trinajstić information content (AvgIpc) is 2.66. The number of carbonyl (C=O) groups excluding carboxylic acids is 1. The van der Waals surface area contributed by atoms with Gasteiger partial charge in [-0.25, -0.2) is 9.37 Å². The lowest BCUT2D eigenvalue weighted by Gasteiger charge is -2.11. The van der Waals surface area contributed by atoms with E-state index < -0.39 is 35.6 Å². The van der Waals surface area contributed by atoms with E-state index in [1.807, 2.05) is 0 Å². The molecular weight excluding hydrogens is 394 g/mol. The third kappa shape index (κ3) is 5.41. The van der Waals surface area contributed by atoms with Crippen molar-refractivity contribution in [2.24, 2.45) is 0 Å². The monoisotopic (exact) mass is 407 g/mol. The van der Waals surface area contributed by atoms with Crippen LogP contribution in [0.2, 0.25) is 0 Å². The van der Waals surface area contributed by atoms with Crippen molar-refractivity contribution in [3.8, 4) is 11.6 Å². The highest BCUT2D eigenvalue weighted by atomic mass is 19.4. The van der Waals surface area contributed by atoms with Crippen molar-refractivity contribution in [1.29, 1.82) is 0 Å². The molecule has 0 atom stereocenters. The van der Waals surface area contributed by atoms with Crippen molar-refractivity contribution in [1.82, 2.24) is 9.55 Å². The summed E-state index contributed by atoms with van der Waals surface area (Å²) in [6, 6.07) is 9.58. The molecule has 1 amide bonds. The van der Waals surface area contributed by atoms with Gasteiger partial charge in [-0.3, -0.25) is 9.59 Å². The zero-order valence-electron chi connectivity index (χ0n) is 14.6. The van der Waals surface area contributed by atoms with Gasteiger partial charge in [0.05, 0.1) is 17.4 Å². The zero-order valence-corrected chi connectivity index (χ0v) is 14.6. The first-order valence-electron chi connectivity index (χ1n) is 8.18. The maximum absolute atomic E-state index is 12.9. The third-order valence-electron chi connectivity index (χ3n) is 3.68. The molecule has 0 radical (unpaired) electrons. The number of ether oxygens (including phenoxy) is 1. The number of anilines is 1. The number of carbonyl (C=O) groups is 1. The number of hydrogen-bond acceptors (Lipinski definition) is 4. The summed E-state index contributed by atoms with van der Waals surface area (Å²) in [5.41, 5.74) is -1.52. The van der Waals surface area contributed by atoms with Crippen LogP contribution in [0.4, 0.5) is 23.2 Å². The maximum atomic E-state index is 12.9. The highest BCUT2D eigenvalue weighted by molar-refractivity contribution is 5.90. The molecule has 3 aromatic rings. The summed E-state index contributed by atoms with van der Waals surface area (Å²) in [5.74, 6) is -0.577. The highest BCUT2D eigenvalue weighted by Crippen LogP contribution is 2.28. The summed E-state index contributed by atoms with van der Waals surface area (Å²) in [6.07, 6.45) is -2.78. The SMILES string of the molecule is O=C(Cn1cc(C(F)(F)F)ccc1=O)Nc1ccc(Oc2ccc(F)cc2)nc1. The van der Waals surface area contributed by atoms with Crippen LogP contribution < -0.4 is 15.6 Å². The fourth-order valence-electron chi connectivity index (χ4n) is 2.32. The van der Waals surface area contributed by atoms with Gasteiger partial charge in [-0.1, -0.05) is 0 Å². The Labute approximate surface area is 161 Å². The summed E-state index contributed by atoms with van der Waals surface area (Å²) in [4.78, 5) is 27.7. The lowest BCUT2D eigenvalue weighted by Crippen LogP contribution is -2.28. The Bertz CT molecular complexity index is 1060. The van der Waals surface area contributed by atoms with Crippen molar-refractivity contribution in [2.75, 3.05) is 5.32 Å². The minimum atomic E-state index is -4.63. The van der Waals surface area contributed by atoms with E-state index in [2.05, 4.69) is 10.3 Å². The molecule has 150 valence electrons. The molecule has 0 saturated heterocycles. The van der Waals surface area contributed by atoms with E-state index in [9.17, 15) is 27.2 Å². The molecule has 0 unspecified atom stereocenters. The Morgan fingerprint density at radius 3 is 2.41 bits per heavy atom. The minimum Gasteiger partial charge on any atom is -0.439 e. The number of halogens is 4. The topological polar surface area (TPSA) is 73.2 Å². The molecule has 0 spiro atoms. The Morgan fingerprint density at radius 1 is 1.07 bits per heavy atom. The van der Waals surface area contributed by atoms with E-state index >= 15 is 0 Å². The summed E-state index contributed by atoms with van der Waals surface area (Å²) < 4.78 is 57.2. The third-order valence-corrected chi connectivity index (χ3v) is 3.68. The smallest absolute Gasteiger partial charge is 0.417 e. The highest BCUT2D eigenvalue weighted by Gasteiger charge is 2.31. The Kier molecular flexibility index (Phi) is 5.62. The van der Waals surface area contributed by atoms with Gasteiger partial charge in [0.1, 0.15) is 18.1 Å². The predicted octanol–water partition coefficient (Wildman–Crippen LogP) is 3.83. The number of hydrogen-bond donors (Lipinski definition) is 1. The van der Waals surface area contributed by atoms with Crippen molar-refractivity contribution < 1.29 is 27.1 Å². The first-order valence-corrected chi connectivity index (χ1v) is 8.18. The van der Waals surface area contributed by atoms with Crippen LogP contribution in [-0.4, -0.2) is 15.5 Å². The van der Waals surface area contributed by atoms with Crippen LogP contribution in [0.3, 0.4) is 0 Å². The lowest BCUT2D eigenvalue weighted by molar-refractivity contribution is -0.138. The second-order valence-corrected chi connectivity index (χ2v) is 5.87. The fourth-order valence-corrected chi connectivity index (χ4v) is 2.32. The molecule has 1 N–H and O–H groups in total. The first kappa shape index (κ1) is 20.1. The van der Waals surface area contributed by atoms with Gasteiger partial charge < -0.3 is 14.6 Å². The molecule has 0 bridgehead atoms. The predicted molar refractivity (Wildman–Crippen MR) is 95.0 cm³/mol. The van der Waals surface area contributed by atoms with Gasteiger partial charge in [-0.05, 0) is 36.4 Å². The van der Waals surface area contributed by atoms with Gasteiger partial charge >= 0.3 is 6.18 Å². The Balaban J connectivity index is 1.64. The van der Waals surface area contributed by atoms with E-state index in [-0.39, 0.29) is 11.6 Å². The number of benzene rings is 1. The summed E-state index contributed by atoms with van der Waals surface area (Å²) >= 11 is 0. The lowest BCUT2D eigenvalue weighted by atomic mass is 10.2. The fraction of sp³-hybridized carbons (Fsp3) is 0.105. The van der Waals surface area contributed by atoms with Crippen LogP contribution in [0.5, 0.6) is 11.6 Å². The molecule has 3 rings (SSSR count). The Hall–Kier alpha value is -3.69. The van der Waals surface area contributed by atoms with Crippen molar-refractivity contribution >= 4 is 11.6 Å². The van der Waals surface area contributed by atoms with Crippen LogP contribution in [0.25, 0.3) is 0 Å². The first-order chi connectivity index (χ1) is 13.7. The number of amides is 1. The number of pyridine rings is 2. The van der Waals surface area contributed by atoms with Crippen LogP contribution in [-0.2, 0) is 17.5 Å². The molecule has 0 fully saturated rings. The van der Waals surface area contributed by atoms with Crippen LogP contribution in [0, 0.1) is 5.82 Å². The number of nitrogens with zero attached hydrogens (tertiary/aromatic N) is 2. The number of nitrogens with one attached hydrogen (secondary N) is 1. The molecule has 0 saturated carbocycles. The number of aromatic nitrogens is 2. The molecular formula is C19H13F4N3O3. The van der Waals surface area contributed by atoms with Crippen LogP contribution >= 0.6 is 0 Å². The van der Waals surface area contributed by atoms with E-state index in [1.165, 1.54) is 42.6 Å². The van der Waals surface area contributed by atoms with Crippen LogP contribution in [0.15, 0.2) is 65.7 Å². The molecule has 6 nitrogen and oxygen atoms in total. The standard InChI is InChI=1S/C19H13F4N3O3/c20-13-2-5-15(6-3-13)29-17-7-4-14(9-24-17)25-16(27)11-26-10-12(19(21,22)23)1-8-18(26)28/h1-10H,11H2,(H,25,27). The van der Waals surface area contributed by atoms with Gasteiger partial charge in [0.15, 0.2) is 0 Å². The second-order valence-electron chi connectivity index (χ2n) is 5.87. The largest absolute Gasteiger partial charge is 0.439 e. The van der Waals surface area contributed by atoms with E-state index in [0.29, 0.717) is 22.6 Å². The van der Waals surface area contributed by atoms with E-state index in [1.54, 1.807) is 0 Å². The minimum absolute atomic E-state index is 0.184. The molecule has 1 aromatic carbocycles. The summed E-state index contributed by atoms with van der Waals surface area (Å²) in [5, 5.41) is 2.43. The number of rotatable bonds is 5. The average molecular weight is 407 g/mol. The second kappa shape index (κ2) is 8.13. The molecule has 0 aliphatic carbocycles. The van der Waals surface area contributed by atoms with Crippen molar-refractivity contribution in [3.05, 3.63) is 82.7 Å². The van der Waals surface area contributed by atoms with E-state index in [4.69, 9.17) is 4.74 Å². The zero-order chi connectivity index (χ0) is 21.0. The van der Waals surface area contributed by atoms with E-state index in [0.717, 1.165) is 6.07 Å². The normalized spacial score (nSPS) is 11.2. The molecule has 2 heterocycles.